The Morgan fingerprint density at radius 2 is 1.77 bits per heavy atom. The summed E-state index contributed by atoms with van der Waals surface area (Å²) >= 11 is 0. The van der Waals surface area contributed by atoms with Gasteiger partial charge in [0.05, 0.1) is 38.4 Å². The zero-order chi connectivity index (χ0) is 27.6. The number of benzene rings is 3. The number of ether oxygens (including phenoxy) is 5. The Morgan fingerprint density at radius 1 is 1.05 bits per heavy atom. The fraction of sp³-hybridized carbons (Fsp3) is 0.433. The number of fused-ring (bicyclic) bond motifs is 2. The monoisotopic (exact) mass is 531 g/mol. The van der Waals surface area contributed by atoms with Crippen LogP contribution in [0.5, 0.6) is 5.75 Å². The molecule has 1 heterocycles. The molecule has 204 valence electrons. The number of carbonyl (C=O) groups excluding carboxylic acids is 1. The van der Waals surface area contributed by atoms with E-state index in [1.54, 1.807) is 7.11 Å². The molecule has 0 bridgehead atoms. The van der Waals surface area contributed by atoms with E-state index in [9.17, 15) is 10.3 Å². The van der Waals surface area contributed by atoms with Crippen LogP contribution in [-0.4, -0.2) is 49.8 Å². The fourth-order valence-corrected chi connectivity index (χ4v) is 5.48. The van der Waals surface area contributed by atoms with Gasteiger partial charge in [-0.1, -0.05) is 59.7 Å². The molecule has 39 heavy (non-hydrogen) atoms. The van der Waals surface area contributed by atoms with E-state index in [-0.39, 0.29) is 12.5 Å². The van der Waals surface area contributed by atoms with Gasteiger partial charge < -0.3 is 23.7 Å². The van der Waals surface area contributed by atoms with E-state index in [0.29, 0.717) is 6.61 Å². The van der Waals surface area contributed by atoms with Crippen LogP contribution in [0.2, 0.25) is 0 Å². The van der Waals surface area contributed by atoms with Crippen LogP contribution >= 0.6 is 0 Å². The van der Waals surface area contributed by atoms with E-state index in [1.807, 2.05) is 87.5 Å². The van der Waals surface area contributed by atoms with E-state index >= 15 is 0 Å². The molecule has 0 amide bonds. The lowest BCUT2D eigenvalue weighted by atomic mass is 9.97. The molecule has 3 aromatic rings. The molecule has 1 aliphatic heterocycles. The van der Waals surface area contributed by atoms with Gasteiger partial charge in [0.1, 0.15) is 17.9 Å². The highest BCUT2D eigenvalue weighted by Crippen LogP contribution is 2.45. The molecule has 0 unspecified atom stereocenters. The fourth-order valence-electron chi connectivity index (χ4n) is 5.48. The molecule has 0 spiro atoms. The van der Waals surface area contributed by atoms with E-state index in [2.05, 4.69) is 10.0 Å². The van der Waals surface area contributed by atoms with E-state index in [4.69, 9.17) is 23.7 Å². The summed E-state index contributed by atoms with van der Waals surface area (Å²) in [6.45, 7) is 6.08. The van der Waals surface area contributed by atoms with Crippen LogP contribution in [0, 0.1) is 5.92 Å². The number of rotatable bonds is 9. The van der Waals surface area contributed by atoms with E-state index < -0.39 is 42.0 Å². The van der Waals surface area contributed by atoms with Gasteiger partial charge in [0, 0.05) is 10.8 Å². The van der Waals surface area contributed by atoms with Crippen LogP contribution in [0.15, 0.2) is 71.8 Å². The molecule has 2 aliphatic rings. The first-order valence-corrected chi connectivity index (χ1v) is 13.1. The molecule has 0 radical (unpaired) electrons. The standard InChI is InChI=1S/C30H33N3O6/c1-18(20-10-11-22-15-23(35-4)13-12-21(22)14-20)29(34)37-26-24(17-36-16-19-8-6-5-7-9-19)27-28(25(26)32-33-31)39-30(2,3)38-27/h5-15,18,24-28H,16-17H2,1-4H3/t18-,24-,25+,26-,27+,28-/m0/s1. The van der Waals surface area contributed by atoms with Crippen LogP contribution in [0.3, 0.4) is 0 Å². The predicted octanol–water partition coefficient (Wildman–Crippen LogP) is 5.91. The summed E-state index contributed by atoms with van der Waals surface area (Å²) in [6.07, 6.45) is -1.76. The van der Waals surface area contributed by atoms with Gasteiger partial charge in [0.25, 0.3) is 0 Å². The van der Waals surface area contributed by atoms with Crippen molar-refractivity contribution in [2.75, 3.05) is 13.7 Å². The van der Waals surface area contributed by atoms with Crippen molar-refractivity contribution in [1.82, 2.24) is 0 Å². The van der Waals surface area contributed by atoms with Gasteiger partial charge in [-0.15, -0.1) is 0 Å². The number of esters is 1. The summed E-state index contributed by atoms with van der Waals surface area (Å²) in [5, 5.41) is 6.01. The summed E-state index contributed by atoms with van der Waals surface area (Å²) in [4.78, 5) is 16.5. The lowest BCUT2D eigenvalue weighted by Gasteiger charge is -2.29. The third-order valence-electron chi connectivity index (χ3n) is 7.46. The number of azide groups is 1. The van der Waals surface area contributed by atoms with Gasteiger partial charge in [0.15, 0.2) is 5.79 Å². The van der Waals surface area contributed by atoms with Crippen LogP contribution in [0.25, 0.3) is 21.2 Å². The minimum atomic E-state index is -0.855. The Labute approximate surface area is 227 Å². The molecule has 1 saturated carbocycles. The normalized spacial score (nSPS) is 26.0. The number of carbonyl (C=O) groups is 1. The van der Waals surface area contributed by atoms with Gasteiger partial charge >= 0.3 is 5.97 Å². The smallest absolute Gasteiger partial charge is 0.313 e. The molecule has 2 fully saturated rings. The van der Waals surface area contributed by atoms with Gasteiger partial charge in [-0.3, -0.25) is 4.79 Å². The highest BCUT2D eigenvalue weighted by atomic mass is 16.8. The molecule has 0 aromatic heterocycles. The van der Waals surface area contributed by atoms with Crippen molar-refractivity contribution < 1.29 is 28.5 Å². The third-order valence-corrected chi connectivity index (χ3v) is 7.46. The minimum Gasteiger partial charge on any atom is -0.497 e. The molecule has 6 atom stereocenters. The highest BCUT2D eigenvalue weighted by molar-refractivity contribution is 5.86. The van der Waals surface area contributed by atoms with E-state index in [1.165, 1.54) is 0 Å². The van der Waals surface area contributed by atoms with Gasteiger partial charge in [-0.2, -0.15) is 0 Å². The molecule has 0 N–H and O–H groups in total. The van der Waals surface area contributed by atoms with Crippen LogP contribution in [0.4, 0.5) is 0 Å². The van der Waals surface area contributed by atoms with Crippen molar-refractivity contribution >= 4 is 16.7 Å². The van der Waals surface area contributed by atoms with Crippen LogP contribution < -0.4 is 4.74 Å². The Bertz CT molecular complexity index is 1370. The Kier molecular flexibility index (Phi) is 7.77. The second-order valence-electron chi connectivity index (χ2n) is 10.5. The Morgan fingerprint density at radius 3 is 2.51 bits per heavy atom. The molecule has 1 saturated heterocycles. The SMILES string of the molecule is COc1ccc2cc([C@H](C)C(=O)O[C@H]3[C@H](COCc4ccccc4)[C@H]4OC(C)(C)O[C@H]4[C@@H]3N=[N+]=[N-])ccc2c1. The van der Waals surface area contributed by atoms with Crippen molar-refractivity contribution in [2.24, 2.45) is 11.0 Å². The first kappa shape index (κ1) is 27.0. The first-order valence-electron chi connectivity index (χ1n) is 13.1. The molecule has 1 aliphatic carbocycles. The number of hydrogen-bond donors (Lipinski definition) is 0. The maximum atomic E-state index is 13.5. The summed E-state index contributed by atoms with van der Waals surface area (Å²) in [7, 11) is 1.63. The predicted molar refractivity (Wildman–Crippen MR) is 145 cm³/mol. The third kappa shape index (κ3) is 5.72. The molecule has 9 heteroatoms. The molecule has 9 nitrogen and oxygen atoms in total. The number of hydrogen-bond acceptors (Lipinski definition) is 7. The lowest BCUT2D eigenvalue weighted by molar-refractivity contribution is -0.180. The highest BCUT2D eigenvalue weighted by Gasteiger charge is 2.60. The van der Waals surface area contributed by atoms with Gasteiger partial charge in [0.2, 0.25) is 0 Å². The maximum Gasteiger partial charge on any atom is 0.313 e. The average molecular weight is 532 g/mol. The van der Waals surface area contributed by atoms with Crippen LogP contribution in [0.1, 0.15) is 37.8 Å². The summed E-state index contributed by atoms with van der Waals surface area (Å²) in [5.41, 5.74) is 11.2. The molecular weight excluding hydrogens is 498 g/mol. The topological polar surface area (TPSA) is 112 Å². The first-order chi connectivity index (χ1) is 18.8. The van der Waals surface area contributed by atoms with Gasteiger partial charge in [-0.25, -0.2) is 0 Å². The zero-order valence-corrected chi connectivity index (χ0v) is 22.5. The minimum absolute atomic E-state index is 0.247. The molecule has 3 aromatic carbocycles. The van der Waals surface area contributed by atoms with Crippen molar-refractivity contribution in [3.05, 3.63) is 88.3 Å². The van der Waals surface area contributed by atoms with Crippen molar-refractivity contribution in [2.45, 2.75) is 63.4 Å². The summed E-state index contributed by atoms with van der Waals surface area (Å²) < 4.78 is 29.8. The largest absolute Gasteiger partial charge is 0.497 e. The second kappa shape index (κ2) is 11.2. The number of nitrogens with zero attached hydrogens (tertiary/aromatic N) is 3. The zero-order valence-electron chi connectivity index (χ0n) is 22.5. The van der Waals surface area contributed by atoms with Crippen molar-refractivity contribution in [1.29, 1.82) is 0 Å². The van der Waals surface area contributed by atoms with E-state index in [0.717, 1.165) is 27.6 Å². The quantitative estimate of drug-likeness (QED) is 0.147. The maximum absolute atomic E-state index is 13.5. The average Bonchev–Trinajstić information content (AvgIpc) is 3.38. The second-order valence-corrected chi connectivity index (χ2v) is 10.5. The Balaban J connectivity index is 1.36. The van der Waals surface area contributed by atoms with Crippen molar-refractivity contribution in [3.63, 3.8) is 0 Å². The van der Waals surface area contributed by atoms with Crippen molar-refractivity contribution in [3.8, 4) is 5.75 Å². The lowest BCUT2D eigenvalue weighted by Crippen LogP contribution is -2.39. The number of methoxy groups -OCH3 is 1. The summed E-state index contributed by atoms with van der Waals surface area (Å²) in [5.74, 6) is -1.43. The molecular formula is C30H33N3O6. The molecule has 5 rings (SSSR count). The van der Waals surface area contributed by atoms with Crippen LogP contribution in [-0.2, 0) is 30.3 Å². The summed E-state index contributed by atoms with van der Waals surface area (Å²) in [6, 6.07) is 20.7. The van der Waals surface area contributed by atoms with Gasteiger partial charge in [-0.05, 0) is 60.3 Å². The Hall–Kier alpha value is -3.62.